The van der Waals surface area contributed by atoms with Gasteiger partial charge in [-0.1, -0.05) is 34.5 Å². The number of hydrogen-bond acceptors (Lipinski definition) is 3. The zero-order valence-electron chi connectivity index (χ0n) is 10.8. The predicted octanol–water partition coefficient (Wildman–Crippen LogP) is 4.39. The SMILES string of the molecule is CCCn1nc(C)c(N)c1Oc1cc(Br)ccc1Cl. The quantitative estimate of drug-likeness (QED) is 0.895. The average molecular weight is 345 g/mol. The van der Waals surface area contributed by atoms with Gasteiger partial charge < -0.3 is 10.5 Å². The second-order valence-electron chi connectivity index (χ2n) is 4.20. The van der Waals surface area contributed by atoms with Gasteiger partial charge in [0.1, 0.15) is 11.4 Å². The molecule has 0 fully saturated rings. The zero-order chi connectivity index (χ0) is 14.0. The first-order valence-corrected chi connectivity index (χ1v) is 7.15. The first kappa shape index (κ1) is 14.2. The molecule has 1 heterocycles. The van der Waals surface area contributed by atoms with Gasteiger partial charge in [0.25, 0.3) is 0 Å². The van der Waals surface area contributed by atoms with Crippen LogP contribution in [0.15, 0.2) is 22.7 Å². The van der Waals surface area contributed by atoms with E-state index >= 15 is 0 Å². The lowest BCUT2D eigenvalue weighted by atomic mass is 10.3. The highest BCUT2D eigenvalue weighted by atomic mass is 79.9. The predicted molar refractivity (Wildman–Crippen MR) is 80.9 cm³/mol. The first-order valence-electron chi connectivity index (χ1n) is 5.98. The molecule has 0 unspecified atom stereocenters. The molecule has 19 heavy (non-hydrogen) atoms. The number of aryl methyl sites for hydroxylation is 2. The highest BCUT2D eigenvalue weighted by Crippen LogP contribution is 2.35. The van der Waals surface area contributed by atoms with Gasteiger partial charge in [-0.3, -0.25) is 0 Å². The van der Waals surface area contributed by atoms with Crippen LogP contribution in [-0.2, 0) is 6.54 Å². The van der Waals surface area contributed by atoms with E-state index in [0.29, 0.717) is 22.3 Å². The van der Waals surface area contributed by atoms with Crippen molar-refractivity contribution in [3.05, 3.63) is 33.4 Å². The summed E-state index contributed by atoms with van der Waals surface area (Å²) < 4.78 is 8.50. The fourth-order valence-corrected chi connectivity index (χ4v) is 2.20. The number of nitrogen functional groups attached to an aromatic ring is 1. The summed E-state index contributed by atoms with van der Waals surface area (Å²) in [6.07, 6.45) is 0.948. The maximum absolute atomic E-state index is 6.12. The van der Waals surface area contributed by atoms with Gasteiger partial charge in [0.15, 0.2) is 0 Å². The lowest BCUT2D eigenvalue weighted by Crippen LogP contribution is -2.02. The van der Waals surface area contributed by atoms with Crippen LogP contribution in [0, 0.1) is 6.92 Å². The first-order chi connectivity index (χ1) is 9.02. The Morgan fingerprint density at radius 3 is 2.89 bits per heavy atom. The maximum atomic E-state index is 6.12. The summed E-state index contributed by atoms with van der Waals surface area (Å²) in [5, 5.41) is 4.89. The molecule has 0 amide bonds. The van der Waals surface area contributed by atoms with Gasteiger partial charge in [-0.15, -0.1) is 0 Å². The Kier molecular flexibility index (Phi) is 4.37. The van der Waals surface area contributed by atoms with E-state index in [1.807, 2.05) is 13.0 Å². The minimum atomic E-state index is 0.532. The normalized spacial score (nSPS) is 10.7. The summed E-state index contributed by atoms with van der Waals surface area (Å²) in [7, 11) is 0. The number of ether oxygens (including phenoxy) is 1. The summed E-state index contributed by atoms with van der Waals surface area (Å²) in [6, 6.07) is 5.43. The van der Waals surface area contributed by atoms with Crippen molar-refractivity contribution >= 4 is 33.2 Å². The smallest absolute Gasteiger partial charge is 0.241 e. The molecule has 0 saturated carbocycles. The summed E-state index contributed by atoms with van der Waals surface area (Å²) in [5.41, 5.74) is 7.31. The monoisotopic (exact) mass is 343 g/mol. The number of halogens is 2. The fraction of sp³-hybridized carbons (Fsp3) is 0.308. The van der Waals surface area contributed by atoms with Crippen LogP contribution in [0.25, 0.3) is 0 Å². The molecule has 0 aliphatic rings. The van der Waals surface area contributed by atoms with Crippen LogP contribution < -0.4 is 10.5 Å². The van der Waals surface area contributed by atoms with E-state index in [2.05, 4.69) is 28.0 Å². The topological polar surface area (TPSA) is 53.1 Å². The lowest BCUT2D eigenvalue weighted by molar-refractivity contribution is 0.410. The summed E-state index contributed by atoms with van der Waals surface area (Å²) in [6.45, 7) is 4.68. The molecule has 0 radical (unpaired) electrons. The molecular weight excluding hydrogens is 330 g/mol. The third-order valence-electron chi connectivity index (χ3n) is 2.66. The molecule has 0 atom stereocenters. The molecule has 0 saturated heterocycles. The van der Waals surface area contributed by atoms with Crippen LogP contribution in [-0.4, -0.2) is 9.78 Å². The Morgan fingerprint density at radius 1 is 1.47 bits per heavy atom. The van der Waals surface area contributed by atoms with Crippen LogP contribution in [0.1, 0.15) is 19.0 Å². The summed E-state index contributed by atoms with van der Waals surface area (Å²) in [5.74, 6) is 1.10. The van der Waals surface area contributed by atoms with Crippen molar-refractivity contribution in [2.45, 2.75) is 26.8 Å². The van der Waals surface area contributed by atoms with E-state index in [4.69, 9.17) is 22.1 Å². The minimum absolute atomic E-state index is 0.532. The van der Waals surface area contributed by atoms with Crippen molar-refractivity contribution in [1.82, 2.24) is 9.78 Å². The molecule has 6 heteroatoms. The Hall–Kier alpha value is -1.20. The molecule has 2 aromatic rings. The van der Waals surface area contributed by atoms with E-state index in [1.54, 1.807) is 16.8 Å². The maximum Gasteiger partial charge on any atom is 0.241 e. The van der Waals surface area contributed by atoms with Gasteiger partial charge in [-0.25, -0.2) is 4.68 Å². The highest BCUT2D eigenvalue weighted by molar-refractivity contribution is 9.10. The molecule has 102 valence electrons. The molecule has 0 bridgehead atoms. The number of rotatable bonds is 4. The van der Waals surface area contributed by atoms with E-state index in [-0.39, 0.29) is 0 Å². The van der Waals surface area contributed by atoms with Gasteiger partial charge in [0.2, 0.25) is 5.88 Å². The van der Waals surface area contributed by atoms with Crippen molar-refractivity contribution in [3.63, 3.8) is 0 Å². The van der Waals surface area contributed by atoms with Crippen LogP contribution in [0.5, 0.6) is 11.6 Å². The Balaban J connectivity index is 2.39. The molecular formula is C13H15BrClN3O. The van der Waals surface area contributed by atoms with E-state index in [0.717, 1.165) is 23.1 Å². The van der Waals surface area contributed by atoms with Crippen LogP contribution in [0.2, 0.25) is 5.02 Å². The highest BCUT2D eigenvalue weighted by Gasteiger charge is 2.15. The number of aromatic nitrogens is 2. The molecule has 2 N–H and O–H groups in total. The van der Waals surface area contributed by atoms with Gasteiger partial charge in [0.05, 0.1) is 10.7 Å². The Bertz CT molecular complexity index is 598. The largest absolute Gasteiger partial charge is 0.436 e. The number of hydrogen-bond donors (Lipinski definition) is 1. The van der Waals surface area contributed by atoms with Crippen LogP contribution >= 0.6 is 27.5 Å². The number of anilines is 1. The third kappa shape index (κ3) is 3.04. The molecule has 1 aromatic heterocycles. The van der Waals surface area contributed by atoms with Crippen molar-refractivity contribution in [2.24, 2.45) is 0 Å². The number of nitrogens with zero attached hydrogens (tertiary/aromatic N) is 2. The number of nitrogens with two attached hydrogens (primary N) is 1. The van der Waals surface area contributed by atoms with Crippen LogP contribution in [0.4, 0.5) is 5.69 Å². The second kappa shape index (κ2) is 5.84. The van der Waals surface area contributed by atoms with Crippen molar-refractivity contribution in [3.8, 4) is 11.6 Å². The molecule has 4 nitrogen and oxygen atoms in total. The van der Waals surface area contributed by atoms with Gasteiger partial charge >= 0.3 is 0 Å². The molecule has 0 aliphatic carbocycles. The second-order valence-corrected chi connectivity index (χ2v) is 5.53. The number of benzene rings is 1. The van der Waals surface area contributed by atoms with E-state index < -0.39 is 0 Å². The summed E-state index contributed by atoms with van der Waals surface area (Å²) >= 11 is 9.51. The van der Waals surface area contributed by atoms with Crippen LogP contribution in [0.3, 0.4) is 0 Å². The molecule has 0 spiro atoms. The Labute approximate surface area is 125 Å². The minimum Gasteiger partial charge on any atom is -0.436 e. The molecule has 1 aromatic carbocycles. The van der Waals surface area contributed by atoms with Gasteiger partial charge in [0, 0.05) is 11.0 Å². The van der Waals surface area contributed by atoms with E-state index in [9.17, 15) is 0 Å². The Morgan fingerprint density at radius 2 is 2.21 bits per heavy atom. The van der Waals surface area contributed by atoms with Crippen molar-refractivity contribution < 1.29 is 4.74 Å². The van der Waals surface area contributed by atoms with Crippen molar-refractivity contribution in [1.29, 1.82) is 0 Å². The zero-order valence-corrected chi connectivity index (χ0v) is 13.1. The molecule has 2 rings (SSSR count). The van der Waals surface area contributed by atoms with Gasteiger partial charge in [-0.2, -0.15) is 5.10 Å². The average Bonchev–Trinajstić information content (AvgIpc) is 2.62. The van der Waals surface area contributed by atoms with E-state index in [1.165, 1.54) is 0 Å². The fourth-order valence-electron chi connectivity index (χ4n) is 1.70. The van der Waals surface area contributed by atoms with Gasteiger partial charge in [-0.05, 0) is 31.5 Å². The summed E-state index contributed by atoms with van der Waals surface area (Å²) in [4.78, 5) is 0. The van der Waals surface area contributed by atoms with Crippen molar-refractivity contribution in [2.75, 3.05) is 5.73 Å². The molecule has 0 aliphatic heterocycles. The standard InChI is InChI=1S/C13H15BrClN3O/c1-3-6-18-13(12(16)8(2)17-18)19-11-7-9(14)4-5-10(11)15/h4-5,7H,3,6,16H2,1-2H3. The lowest BCUT2D eigenvalue weighted by Gasteiger charge is -2.10. The third-order valence-corrected chi connectivity index (χ3v) is 3.47.